The molecule has 1 aliphatic heterocycles. The van der Waals surface area contributed by atoms with Crippen LogP contribution in [0, 0.1) is 5.82 Å². The van der Waals surface area contributed by atoms with Crippen molar-refractivity contribution in [2.45, 2.75) is 102 Å². The summed E-state index contributed by atoms with van der Waals surface area (Å²) in [4.78, 5) is 1.74. The van der Waals surface area contributed by atoms with Gasteiger partial charge in [-0.2, -0.15) is 13.2 Å². The van der Waals surface area contributed by atoms with E-state index in [1.54, 1.807) is 11.0 Å². The minimum atomic E-state index is -4.40. The number of likely N-dealkylation sites (tertiary alicyclic amines) is 1. The monoisotopic (exact) mass is 659 g/mol. The predicted molar refractivity (Wildman–Crippen MR) is 165 cm³/mol. The second kappa shape index (κ2) is 15.4. The molecule has 1 atom stereocenters. The summed E-state index contributed by atoms with van der Waals surface area (Å²) < 4.78 is 104. The number of aryl methyl sites for hydroxylation is 1. The molecule has 0 amide bonds. The van der Waals surface area contributed by atoms with Gasteiger partial charge in [0.15, 0.2) is 0 Å². The number of halogens is 6. The Morgan fingerprint density at radius 3 is 2.36 bits per heavy atom. The van der Waals surface area contributed by atoms with Gasteiger partial charge in [-0.25, -0.2) is 21.6 Å². The fraction of sp³-hybridized carbons (Fsp3) is 0.588. The van der Waals surface area contributed by atoms with Crippen molar-refractivity contribution < 1.29 is 39.9 Å². The third-order valence-electron chi connectivity index (χ3n) is 8.86. The fourth-order valence-corrected chi connectivity index (χ4v) is 8.11. The van der Waals surface area contributed by atoms with Crippen LogP contribution < -0.4 is 0 Å². The molecule has 1 saturated heterocycles. The molecule has 11 heteroatoms. The number of phenolic OH excluding ortho intramolecular Hbond substituents is 1. The Kier molecular flexibility index (Phi) is 12.1. The van der Waals surface area contributed by atoms with Crippen molar-refractivity contribution in [2.24, 2.45) is 0 Å². The molecule has 1 heterocycles. The first-order chi connectivity index (χ1) is 21.2. The Hall–Kier alpha value is -2.53. The van der Waals surface area contributed by atoms with E-state index in [9.17, 15) is 39.9 Å². The van der Waals surface area contributed by atoms with Crippen LogP contribution in [-0.4, -0.2) is 61.2 Å². The number of hydrogen-bond acceptors (Lipinski definition) is 4. The van der Waals surface area contributed by atoms with E-state index in [2.05, 4.69) is 0 Å². The van der Waals surface area contributed by atoms with Crippen LogP contribution in [0.3, 0.4) is 0 Å². The van der Waals surface area contributed by atoms with Gasteiger partial charge in [0.2, 0.25) is 0 Å². The van der Waals surface area contributed by atoms with Crippen LogP contribution in [0.5, 0.6) is 5.75 Å². The summed E-state index contributed by atoms with van der Waals surface area (Å²) in [5.74, 6) is -3.75. The van der Waals surface area contributed by atoms with E-state index in [0.717, 1.165) is 68.1 Å². The Morgan fingerprint density at radius 2 is 1.62 bits per heavy atom. The zero-order chi connectivity index (χ0) is 32.7. The van der Waals surface area contributed by atoms with Crippen molar-refractivity contribution in [1.29, 1.82) is 0 Å². The molecular weight excluding hydrogens is 616 g/mol. The van der Waals surface area contributed by atoms with Crippen LogP contribution in [-0.2, 0) is 16.3 Å². The fourth-order valence-electron chi connectivity index (χ4n) is 6.72. The lowest BCUT2D eigenvalue weighted by Crippen LogP contribution is -2.32. The molecule has 4 rings (SSSR count). The van der Waals surface area contributed by atoms with Crippen molar-refractivity contribution in [2.75, 3.05) is 24.6 Å². The van der Waals surface area contributed by atoms with Crippen molar-refractivity contribution in [3.8, 4) is 5.75 Å². The highest BCUT2D eigenvalue weighted by Gasteiger charge is 2.44. The highest BCUT2D eigenvalue weighted by atomic mass is 32.2. The number of fused-ring (bicyclic) bond motifs is 1. The van der Waals surface area contributed by atoms with Gasteiger partial charge < -0.3 is 5.11 Å². The summed E-state index contributed by atoms with van der Waals surface area (Å²) in [6.45, 7) is 0.109. The van der Waals surface area contributed by atoms with Crippen molar-refractivity contribution in [3.05, 3.63) is 65.0 Å². The second-order valence-electron chi connectivity index (χ2n) is 12.5. The first-order valence-electron chi connectivity index (χ1n) is 15.9. The van der Waals surface area contributed by atoms with Gasteiger partial charge in [-0.3, -0.25) is 4.90 Å². The van der Waals surface area contributed by atoms with Crippen LogP contribution >= 0.6 is 0 Å². The van der Waals surface area contributed by atoms with Gasteiger partial charge in [-0.05, 0) is 116 Å². The van der Waals surface area contributed by atoms with E-state index < -0.39 is 46.6 Å². The minimum absolute atomic E-state index is 0.149. The third kappa shape index (κ3) is 11.0. The summed E-state index contributed by atoms with van der Waals surface area (Å²) >= 11 is 0. The number of unbranched alkanes of at least 4 members (excludes halogenated alkanes) is 3. The van der Waals surface area contributed by atoms with Crippen LogP contribution in [0.1, 0.15) is 93.7 Å². The predicted octanol–water partition coefficient (Wildman–Crippen LogP) is 8.98. The maximum Gasteiger partial charge on any atom is 0.389 e. The molecule has 0 unspecified atom stereocenters. The summed E-state index contributed by atoms with van der Waals surface area (Å²) in [7, 11) is -3.66. The highest BCUT2D eigenvalue weighted by molar-refractivity contribution is 7.91. The zero-order valence-corrected chi connectivity index (χ0v) is 26.3. The summed E-state index contributed by atoms with van der Waals surface area (Å²) in [6.07, 6.45) is 0.757. The van der Waals surface area contributed by atoms with Gasteiger partial charge in [0, 0.05) is 18.9 Å². The normalized spacial score (nSPS) is 19.1. The number of hydrogen-bond donors (Lipinski definition) is 1. The number of nitrogens with zero attached hydrogens (tertiary/aromatic N) is 1. The topological polar surface area (TPSA) is 57.6 Å². The number of sulfone groups is 1. The van der Waals surface area contributed by atoms with Gasteiger partial charge in [0.25, 0.3) is 5.92 Å². The van der Waals surface area contributed by atoms with E-state index in [0.29, 0.717) is 6.54 Å². The first kappa shape index (κ1) is 35.3. The standard InChI is InChI=1S/C34H43F6NO3S/c35-27-14-12-25(13-15-27)30-11-5-8-26-22-29(42)16-17-31(26)32(30)10-3-1-2-4-19-41-24-33(36,37)23-28(41)9-6-20-45(43,44)21-7-18-34(38,39)40/h12-17,22,28,42H,1-11,18-21,23-24H2/t28-/m1/s1. The molecule has 0 saturated carbocycles. The molecule has 0 spiro atoms. The molecule has 0 radical (unpaired) electrons. The molecule has 2 aromatic rings. The van der Waals surface area contributed by atoms with Crippen molar-refractivity contribution in [1.82, 2.24) is 4.90 Å². The number of alkyl halides is 5. The average Bonchev–Trinajstić information content (AvgIpc) is 3.12. The smallest absolute Gasteiger partial charge is 0.389 e. The van der Waals surface area contributed by atoms with E-state index in [-0.39, 0.29) is 43.1 Å². The van der Waals surface area contributed by atoms with Gasteiger partial charge in [-0.15, -0.1) is 0 Å². The van der Waals surface area contributed by atoms with E-state index in [4.69, 9.17) is 0 Å². The van der Waals surface area contributed by atoms with Crippen LogP contribution in [0.25, 0.3) is 11.1 Å². The van der Waals surface area contributed by atoms with E-state index in [1.165, 1.54) is 23.3 Å². The summed E-state index contributed by atoms with van der Waals surface area (Å²) in [5, 5.41) is 10.1. The number of allylic oxidation sites excluding steroid dienone is 2. The third-order valence-corrected chi connectivity index (χ3v) is 10.7. The molecule has 0 bridgehead atoms. The quantitative estimate of drug-likeness (QED) is 0.153. The molecule has 4 nitrogen and oxygen atoms in total. The van der Waals surface area contributed by atoms with Gasteiger partial charge >= 0.3 is 6.18 Å². The first-order valence-corrected chi connectivity index (χ1v) is 17.7. The van der Waals surface area contributed by atoms with Crippen molar-refractivity contribution >= 4 is 21.0 Å². The summed E-state index contributed by atoms with van der Waals surface area (Å²) in [5.41, 5.74) is 5.57. The average molecular weight is 660 g/mol. The van der Waals surface area contributed by atoms with Gasteiger partial charge in [-0.1, -0.05) is 31.0 Å². The molecule has 2 aliphatic rings. The van der Waals surface area contributed by atoms with Crippen molar-refractivity contribution in [3.63, 3.8) is 0 Å². The molecule has 1 aliphatic carbocycles. The number of aromatic hydroxyl groups is 1. The molecular formula is C34H43F6NO3S. The van der Waals surface area contributed by atoms with Crippen LogP contribution in [0.4, 0.5) is 26.3 Å². The maximum absolute atomic E-state index is 14.3. The molecule has 2 aromatic carbocycles. The lowest BCUT2D eigenvalue weighted by molar-refractivity contribution is -0.134. The minimum Gasteiger partial charge on any atom is -0.508 e. The molecule has 45 heavy (non-hydrogen) atoms. The number of phenols is 1. The van der Waals surface area contributed by atoms with Crippen LogP contribution in [0.15, 0.2) is 42.5 Å². The highest BCUT2D eigenvalue weighted by Crippen LogP contribution is 2.40. The Bertz CT molecular complexity index is 1410. The largest absolute Gasteiger partial charge is 0.508 e. The van der Waals surface area contributed by atoms with Gasteiger partial charge in [0.1, 0.15) is 21.4 Å². The van der Waals surface area contributed by atoms with Crippen LogP contribution in [0.2, 0.25) is 0 Å². The number of rotatable bonds is 15. The Morgan fingerprint density at radius 1 is 0.911 bits per heavy atom. The summed E-state index contributed by atoms with van der Waals surface area (Å²) in [6, 6.07) is 11.6. The molecule has 0 aromatic heterocycles. The Labute approximate surface area is 262 Å². The zero-order valence-electron chi connectivity index (χ0n) is 25.5. The molecule has 250 valence electrons. The van der Waals surface area contributed by atoms with Gasteiger partial charge in [0.05, 0.1) is 18.1 Å². The van der Waals surface area contributed by atoms with E-state index in [1.807, 2.05) is 24.3 Å². The van der Waals surface area contributed by atoms with E-state index >= 15 is 0 Å². The number of benzene rings is 2. The second-order valence-corrected chi connectivity index (χ2v) is 14.8. The lowest BCUT2D eigenvalue weighted by atomic mass is 9.89. The lowest BCUT2D eigenvalue weighted by Gasteiger charge is -2.23. The maximum atomic E-state index is 14.3. The molecule has 1 fully saturated rings. The Balaban J connectivity index is 1.28. The molecule has 1 N–H and O–H groups in total. The SMILES string of the molecule is O=S(=O)(CCC[C@@H]1CC(F)(F)CN1CCCCCCC1=C(c2ccc(F)cc2)CCCc2cc(O)ccc21)CCCC(F)(F)F.